The number of pyridine rings is 1. The van der Waals surface area contributed by atoms with Gasteiger partial charge in [-0.3, -0.25) is 4.79 Å². The van der Waals surface area contributed by atoms with E-state index in [2.05, 4.69) is 9.72 Å². The minimum atomic E-state index is -4.74. The van der Waals surface area contributed by atoms with Crippen LogP contribution in [0.1, 0.15) is 23.7 Å². The van der Waals surface area contributed by atoms with Crippen molar-refractivity contribution < 1.29 is 32.9 Å². The van der Waals surface area contributed by atoms with E-state index in [1.807, 2.05) is 0 Å². The van der Waals surface area contributed by atoms with Crippen LogP contribution in [0.5, 0.6) is 0 Å². The molecule has 2 unspecified atom stereocenters. The van der Waals surface area contributed by atoms with E-state index < -0.39 is 41.5 Å². The summed E-state index contributed by atoms with van der Waals surface area (Å²) < 4.78 is 42.1. The predicted octanol–water partition coefficient (Wildman–Crippen LogP) is 1.71. The van der Waals surface area contributed by atoms with Crippen LogP contribution in [0.2, 0.25) is 5.15 Å². The Morgan fingerprint density at radius 2 is 2.10 bits per heavy atom. The third kappa shape index (κ3) is 4.06. The minimum Gasteiger partial charge on any atom is -0.469 e. The summed E-state index contributed by atoms with van der Waals surface area (Å²) in [6, 6.07) is 0.570. The lowest BCUT2D eigenvalue weighted by atomic mass is 10.0. The van der Waals surface area contributed by atoms with Gasteiger partial charge in [0.05, 0.1) is 25.2 Å². The zero-order chi connectivity index (χ0) is 15.5. The summed E-state index contributed by atoms with van der Waals surface area (Å²) in [6.07, 6.45) is -7.76. The van der Waals surface area contributed by atoms with Crippen molar-refractivity contribution in [3.05, 3.63) is 28.5 Å². The van der Waals surface area contributed by atoms with Crippen LogP contribution in [-0.4, -0.2) is 34.4 Å². The average molecular weight is 314 g/mol. The summed E-state index contributed by atoms with van der Waals surface area (Å²) in [5.74, 6) is -0.811. The fraction of sp³-hybridized carbons (Fsp3) is 0.455. The molecule has 112 valence electrons. The van der Waals surface area contributed by atoms with Crippen LogP contribution in [0.25, 0.3) is 0 Å². The first-order valence-corrected chi connectivity index (χ1v) is 5.70. The highest BCUT2D eigenvalue weighted by atomic mass is 35.5. The largest absolute Gasteiger partial charge is 0.469 e. The normalized spacial score (nSPS) is 14.8. The first kappa shape index (κ1) is 16.7. The van der Waals surface area contributed by atoms with Gasteiger partial charge in [-0.25, -0.2) is 4.98 Å². The zero-order valence-electron chi connectivity index (χ0n) is 10.2. The molecule has 0 aliphatic carbocycles. The lowest BCUT2D eigenvalue weighted by Gasteiger charge is -2.18. The predicted molar refractivity (Wildman–Crippen MR) is 61.8 cm³/mol. The molecule has 9 heteroatoms. The van der Waals surface area contributed by atoms with Gasteiger partial charge < -0.3 is 14.9 Å². The van der Waals surface area contributed by atoms with E-state index in [4.69, 9.17) is 11.6 Å². The Kier molecular flexibility index (Phi) is 5.32. The minimum absolute atomic E-state index is 0.307. The second-order valence-corrected chi connectivity index (χ2v) is 4.26. The number of aliphatic hydroxyl groups excluding tert-OH is 2. The molecule has 2 N–H and O–H groups in total. The topological polar surface area (TPSA) is 79.7 Å². The highest BCUT2D eigenvalue weighted by Gasteiger charge is 2.35. The van der Waals surface area contributed by atoms with Crippen molar-refractivity contribution in [2.75, 3.05) is 7.11 Å². The Balaban J connectivity index is 2.99. The molecule has 5 nitrogen and oxygen atoms in total. The first-order valence-electron chi connectivity index (χ1n) is 5.32. The second-order valence-electron chi connectivity index (χ2n) is 3.90. The van der Waals surface area contributed by atoms with Crippen molar-refractivity contribution >= 4 is 17.6 Å². The summed E-state index contributed by atoms with van der Waals surface area (Å²) in [5.41, 5.74) is -1.54. The van der Waals surface area contributed by atoms with E-state index in [-0.39, 0.29) is 5.56 Å². The number of rotatable bonds is 4. The van der Waals surface area contributed by atoms with E-state index in [9.17, 15) is 28.2 Å². The van der Waals surface area contributed by atoms with Crippen LogP contribution < -0.4 is 0 Å². The number of carbonyl (C=O) groups is 1. The highest BCUT2D eigenvalue weighted by molar-refractivity contribution is 6.30. The fourth-order valence-corrected chi connectivity index (χ4v) is 1.62. The highest BCUT2D eigenvalue weighted by Crippen LogP contribution is 2.35. The molecular weight excluding hydrogens is 303 g/mol. The van der Waals surface area contributed by atoms with Crippen LogP contribution in [0.15, 0.2) is 12.3 Å². The summed E-state index contributed by atoms with van der Waals surface area (Å²) in [7, 11) is 1.08. The molecule has 0 aromatic carbocycles. The SMILES string of the molecule is COC(=O)CC(O)C(O)c1cnc(Cl)c(C(F)(F)F)c1. The summed E-state index contributed by atoms with van der Waals surface area (Å²) in [6.45, 7) is 0. The van der Waals surface area contributed by atoms with Crippen molar-refractivity contribution in [3.63, 3.8) is 0 Å². The number of aromatic nitrogens is 1. The number of ether oxygens (including phenoxy) is 1. The molecule has 20 heavy (non-hydrogen) atoms. The second kappa shape index (κ2) is 6.38. The monoisotopic (exact) mass is 313 g/mol. The Hall–Kier alpha value is -1.38. The van der Waals surface area contributed by atoms with Crippen molar-refractivity contribution in [1.82, 2.24) is 4.98 Å². The Labute approximate surface area is 117 Å². The maximum Gasteiger partial charge on any atom is 0.419 e. The third-order valence-corrected chi connectivity index (χ3v) is 2.78. The number of halogens is 4. The number of carbonyl (C=O) groups excluding carboxylic acids is 1. The van der Waals surface area contributed by atoms with Gasteiger partial charge >= 0.3 is 12.1 Å². The molecular formula is C11H11ClF3NO4. The number of hydrogen-bond donors (Lipinski definition) is 2. The molecule has 2 atom stereocenters. The Morgan fingerprint density at radius 1 is 1.50 bits per heavy atom. The summed E-state index contributed by atoms with van der Waals surface area (Å²) in [4.78, 5) is 14.2. The van der Waals surface area contributed by atoms with Crippen LogP contribution >= 0.6 is 11.6 Å². The van der Waals surface area contributed by atoms with Crippen molar-refractivity contribution in [3.8, 4) is 0 Å². The summed E-state index contributed by atoms with van der Waals surface area (Å²) >= 11 is 5.32. The number of nitrogens with zero attached hydrogens (tertiary/aromatic N) is 1. The number of alkyl halides is 3. The smallest absolute Gasteiger partial charge is 0.419 e. The van der Waals surface area contributed by atoms with Crippen molar-refractivity contribution in [2.24, 2.45) is 0 Å². The van der Waals surface area contributed by atoms with Gasteiger partial charge in [0.25, 0.3) is 0 Å². The van der Waals surface area contributed by atoms with Gasteiger partial charge in [0, 0.05) is 11.8 Å². The van der Waals surface area contributed by atoms with Gasteiger partial charge in [-0.15, -0.1) is 0 Å². The Bertz CT molecular complexity index is 495. The lowest BCUT2D eigenvalue weighted by Crippen LogP contribution is -2.23. The van der Waals surface area contributed by atoms with E-state index >= 15 is 0 Å². The van der Waals surface area contributed by atoms with Gasteiger partial charge in [-0.2, -0.15) is 13.2 Å². The van der Waals surface area contributed by atoms with Crippen LogP contribution in [0, 0.1) is 0 Å². The van der Waals surface area contributed by atoms with Crippen LogP contribution in [0.4, 0.5) is 13.2 Å². The van der Waals surface area contributed by atoms with E-state index in [0.29, 0.717) is 6.07 Å². The maximum atomic E-state index is 12.6. The molecule has 0 fully saturated rings. The van der Waals surface area contributed by atoms with Crippen molar-refractivity contribution in [1.29, 1.82) is 0 Å². The standard InChI is InChI=1S/C11H11ClF3NO4/c1-20-8(18)3-7(17)9(19)5-2-6(11(13,14)15)10(12)16-4-5/h2,4,7,9,17,19H,3H2,1H3. The molecule has 0 aliphatic heterocycles. The maximum absolute atomic E-state index is 12.6. The van der Waals surface area contributed by atoms with Gasteiger partial charge in [0.1, 0.15) is 11.3 Å². The molecule has 0 saturated carbocycles. The van der Waals surface area contributed by atoms with E-state index in [1.165, 1.54) is 0 Å². The third-order valence-electron chi connectivity index (χ3n) is 2.48. The van der Waals surface area contributed by atoms with Gasteiger partial charge in [-0.1, -0.05) is 11.6 Å². The molecule has 1 aromatic heterocycles. The van der Waals surface area contributed by atoms with Gasteiger partial charge in [-0.05, 0) is 6.07 Å². The summed E-state index contributed by atoms with van der Waals surface area (Å²) in [5, 5.41) is 18.5. The van der Waals surface area contributed by atoms with Crippen LogP contribution in [0.3, 0.4) is 0 Å². The molecule has 1 aromatic rings. The number of aliphatic hydroxyl groups is 2. The average Bonchev–Trinajstić information content (AvgIpc) is 2.36. The molecule has 0 aliphatic rings. The van der Waals surface area contributed by atoms with Gasteiger partial charge in [0.2, 0.25) is 0 Å². The zero-order valence-corrected chi connectivity index (χ0v) is 10.9. The number of hydrogen-bond acceptors (Lipinski definition) is 5. The molecule has 0 radical (unpaired) electrons. The first-order chi connectivity index (χ1) is 9.16. The molecule has 0 bridgehead atoms. The number of methoxy groups -OCH3 is 1. The molecule has 1 heterocycles. The van der Waals surface area contributed by atoms with Crippen molar-refractivity contribution in [2.45, 2.75) is 24.8 Å². The van der Waals surface area contributed by atoms with E-state index in [0.717, 1.165) is 13.3 Å². The molecule has 0 amide bonds. The molecule has 0 spiro atoms. The lowest BCUT2D eigenvalue weighted by molar-refractivity contribution is -0.145. The quantitative estimate of drug-likeness (QED) is 0.653. The Morgan fingerprint density at radius 3 is 2.60 bits per heavy atom. The van der Waals surface area contributed by atoms with E-state index in [1.54, 1.807) is 0 Å². The molecule has 1 rings (SSSR count). The number of esters is 1. The van der Waals surface area contributed by atoms with Gasteiger partial charge in [0.15, 0.2) is 0 Å². The van der Waals surface area contributed by atoms with Crippen LogP contribution in [-0.2, 0) is 15.7 Å². The molecule has 0 saturated heterocycles. The fourth-order valence-electron chi connectivity index (χ4n) is 1.41.